The average Bonchev–Trinajstić information content (AvgIpc) is 2.72. The van der Waals surface area contributed by atoms with Crippen LogP contribution in [0.15, 0.2) is 82.4 Å². The Kier molecular flexibility index (Phi) is 5.79. The van der Waals surface area contributed by atoms with E-state index in [1.807, 2.05) is 36.4 Å². The van der Waals surface area contributed by atoms with Crippen LogP contribution in [0.25, 0.3) is 21.5 Å². The van der Waals surface area contributed by atoms with E-state index in [4.69, 9.17) is 16.3 Å². The van der Waals surface area contributed by atoms with Crippen molar-refractivity contribution in [3.05, 3.63) is 87.9 Å². The quantitative estimate of drug-likeness (QED) is 0.224. The molecule has 4 aromatic carbocycles. The van der Waals surface area contributed by atoms with Gasteiger partial charge in [0, 0.05) is 10.6 Å². The van der Waals surface area contributed by atoms with Crippen LogP contribution in [0.4, 0.5) is 0 Å². The lowest BCUT2D eigenvalue weighted by atomic mass is 9.97. The van der Waals surface area contributed by atoms with Crippen LogP contribution in [0.2, 0.25) is 5.02 Å². The Hall–Kier alpha value is -2.89. The Bertz CT molecular complexity index is 1190. The van der Waals surface area contributed by atoms with Gasteiger partial charge in [0.1, 0.15) is 5.75 Å². The highest BCUT2D eigenvalue weighted by Crippen LogP contribution is 2.28. The van der Waals surface area contributed by atoms with Crippen LogP contribution in [0.1, 0.15) is 5.56 Å². The number of amides is 1. The fraction of sp³-hybridized carbons (Fsp3) is 0.0435. The third-order valence-corrected chi connectivity index (χ3v) is 5.30. The first-order valence-corrected chi connectivity index (χ1v) is 10.1. The topological polar surface area (TPSA) is 50.7 Å². The van der Waals surface area contributed by atoms with Crippen molar-refractivity contribution < 1.29 is 9.53 Å². The van der Waals surface area contributed by atoms with Crippen molar-refractivity contribution in [1.29, 1.82) is 0 Å². The summed E-state index contributed by atoms with van der Waals surface area (Å²) in [4.78, 5) is 12.1. The van der Waals surface area contributed by atoms with Gasteiger partial charge in [0.05, 0.1) is 10.7 Å². The van der Waals surface area contributed by atoms with E-state index >= 15 is 0 Å². The van der Waals surface area contributed by atoms with E-state index in [-0.39, 0.29) is 12.5 Å². The van der Waals surface area contributed by atoms with Crippen molar-refractivity contribution in [2.75, 3.05) is 6.61 Å². The van der Waals surface area contributed by atoms with E-state index in [1.165, 1.54) is 0 Å². The number of fused-ring (bicyclic) bond motifs is 2. The van der Waals surface area contributed by atoms with Crippen molar-refractivity contribution >= 4 is 61.2 Å². The van der Waals surface area contributed by atoms with Crippen LogP contribution in [-0.4, -0.2) is 18.7 Å². The van der Waals surface area contributed by atoms with Crippen molar-refractivity contribution in [2.45, 2.75) is 0 Å². The minimum Gasteiger partial charge on any atom is -0.483 e. The molecule has 0 aliphatic heterocycles. The van der Waals surface area contributed by atoms with Gasteiger partial charge in [0.15, 0.2) is 6.61 Å². The first-order chi connectivity index (χ1) is 14.1. The monoisotopic (exact) mass is 466 g/mol. The first kappa shape index (κ1) is 19.4. The van der Waals surface area contributed by atoms with E-state index in [9.17, 15) is 4.79 Å². The van der Waals surface area contributed by atoms with Gasteiger partial charge in [-0.3, -0.25) is 4.79 Å². The van der Waals surface area contributed by atoms with E-state index in [1.54, 1.807) is 24.4 Å². The third kappa shape index (κ3) is 4.42. The van der Waals surface area contributed by atoms with E-state index in [0.717, 1.165) is 27.1 Å². The number of halogens is 2. The molecule has 1 amide bonds. The molecule has 0 spiro atoms. The molecule has 29 heavy (non-hydrogen) atoms. The molecule has 144 valence electrons. The van der Waals surface area contributed by atoms with Crippen molar-refractivity contribution in [3.63, 3.8) is 0 Å². The zero-order valence-electron chi connectivity index (χ0n) is 15.2. The molecule has 1 N–H and O–H groups in total. The lowest BCUT2D eigenvalue weighted by Crippen LogP contribution is -2.24. The lowest BCUT2D eigenvalue weighted by molar-refractivity contribution is -0.123. The number of nitrogens with one attached hydrogen (secondary N) is 1. The summed E-state index contributed by atoms with van der Waals surface area (Å²) in [6.07, 6.45) is 1.68. The number of hydrogen-bond donors (Lipinski definition) is 1. The number of carbonyl (C=O) groups is 1. The van der Waals surface area contributed by atoms with Crippen LogP contribution in [0.5, 0.6) is 5.75 Å². The maximum Gasteiger partial charge on any atom is 0.277 e. The molecule has 0 unspecified atom stereocenters. The Morgan fingerprint density at radius 1 is 1.00 bits per heavy atom. The molecule has 4 nitrogen and oxygen atoms in total. The van der Waals surface area contributed by atoms with Gasteiger partial charge in [-0.2, -0.15) is 5.10 Å². The summed E-state index contributed by atoms with van der Waals surface area (Å²) in [5, 5.41) is 9.13. The van der Waals surface area contributed by atoms with Crippen LogP contribution in [0, 0.1) is 0 Å². The SMILES string of the molecule is O=C(COc1ccc(Cl)cc1Br)NN=Cc1c2ccccc2cc2ccccc12. The Balaban J connectivity index is 1.51. The molecule has 0 atom stereocenters. The van der Waals surface area contributed by atoms with Gasteiger partial charge in [-0.05, 0) is 61.7 Å². The molecule has 0 heterocycles. The molecule has 0 aliphatic carbocycles. The average molecular weight is 468 g/mol. The number of hydrazone groups is 1. The summed E-state index contributed by atoms with van der Waals surface area (Å²) in [5.74, 6) is 0.182. The fourth-order valence-corrected chi connectivity index (χ4v) is 3.92. The summed E-state index contributed by atoms with van der Waals surface area (Å²) in [5.41, 5.74) is 3.48. The molecular weight excluding hydrogens is 452 g/mol. The zero-order valence-corrected chi connectivity index (χ0v) is 17.6. The smallest absolute Gasteiger partial charge is 0.277 e. The minimum atomic E-state index is -0.354. The highest BCUT2D eigenvalue weighted by Gasteiger charge is 2.07. The maximum atomic E-state index is 12.1. The number of benzene rings is 4. The van der Waals surface area contributed by atoms with Crippen molar-refractivity contribution in [1.82, 2.24) is 5.43 Å². The first-order valence-electron chi connectivity index (χ1n) is 8.92. The maximum absolute atomic E-state index is 12.1. The predicted octanol–water partition coefficient (Wildman–Crippen LogP) is 5.94. The van der Waals surface area contributed by atoms with Gasteiger partial charge in [-0.25, -0.2) is 5.43 Å². The van der Waals surface area contributed by atoms with Crippen LogP contribution >= 0.6 is 27.5 Å². The van der Waals surface area contributed by atoms with E-state index in [2.05, 4.69) is 44.7 Å². The lowest BCUT2D eigenvalue weighted by Gasteiger charge is -2.08. The Morgan fingerprint density at radius 3 is 2.31 bits per heavy atom. The normalized spacial score (nSPS) is 11.2. The largest absolute Gasteiger partial charge is 0.483 e. The minimum absolute atomic E-state index is 0.159. The predicted molar refractivity (Wildman–Crippen MR) is 122 cm³/mol. The second kappa shape index (κ2) is 8.64. The zero-order chi connectivity index (χ0) is 20.2. The molecule has 4 rings (SSSR count). The molecule has 0 bridgehead atoms. The second-order valence-electron chi connectivity index (χ2n) is 6.39. The van der Waals surface area contributed by atoms with Crippen molar-refractivity contribution in [2.24, 2.45) is 5.10 Å². The molecule has 0 radical (unpaired) electrons. The molecule has 0 fully saturated rings. The number of hydrogen-bond acceptors (Lipinski definition) is 3. The van der Waals surface area contributed by atoms with E-state index < -0.39 is 0 Å². The van der Waals surface area contributed by atoms with Crippen LogP contribution in [-0.2, 0) is 4.79 Å². The summed E-state index contributed by atoms with van der Waals surface area (Å²) < 4.78 is 6.19. The molecule has 6 heteroatoms. The van der Waals surface area contributed by atoms with Crippen LogP contribution < -0.4 is 10.2 Å². The number of nitrogens with zero attached hydrogens (tertiary/aromatic N) is 1. The molecule has 0 aromatic heterocycles. The molecular formula is C23H16BrClN2O2. The van der Waals surface area contributed by atoms with Gasteiger partial charge in [-0.1, -0.05) is 60.1 Å². The van der Waals surface area contributed by atoms with Gasteiger partial charge in [0.25, 0.3) is 5.91 Å². The number of carbonyl (C=O) groups excluding carboxylic acids is 1. The molecule has 0 saturated heterocycles. The number of ether oxygens (including phenoxy) is 1. The van der Waals surface area contributed by atoms with Gasteiger partial charge in [-0.15, -0.1) is 0 Å². The summed E-state index contributed by atoms with van der Waals surface area (Å²) in [6.45, 7) is -0.159. The van der Waals surface area contributed by atoms with Gasteiger partial charge in [0.2, 0.25) is 0 Å². The third-order valence-electron chi connectivity index (χ3n) is 4.45. The van der Waals surface area contributed by atoms with Gasteiger partial charge >= 0.3 is 0 Å². The summed E-state index contributed by atoms with van der Waals surface area (Å²) in [7, 11) is 0. The molecule has 4 aromatic rings. The molecule has 0 aliphatic rings. The fourth-order valence-electron chi connectivity index (χ4n) is 3.12. The highest BCUT2D eigenvalue weighted by molar-refractivity contribution is 9.10. The van der Waals surface area contributed by atoms with E-state index in [0.29, 0.717) is 15.2 Å². The number of rotatable bonds is 5. The standard InChI is InChI=1S/C23H16BrClN2O2/c24-21-12-17(25)9-10-22(21)29-14-23(28)27-26-13-20-18-7-3-1-5-15(18)11-16-6-2-4-8-19(16)20/h1-13H,14H2,(H,27,28). The van der Waals surface area contributed by atoms with Crippen LogP contribution in [0.3, 0.4) is 0 Å². The Morgan fingerprint density at radius 2 is 1.66 bits per heavy atom. The summed E-state index contributed by atoms with van der Waals surface area (Å²) in [6, 6.07) is 23.5. The Labute approximate surface area is 181 Å². The summed E-state index contributed by atoms with van der Waals surface area (Å²) >= 11 is 9.26. The molecule has 0 saturated carbocycles. The second-order valence-corrected chi connectivity index (χ2v) is 7.68. The van der Waals surface area contributed by atoms with Gasteiger partial charge < -0.3 is 4.74 Å². The van der Waals surface area contributed by atoms with Crippen molar-refractivity contribution in [3.8, 4) is 5.75 Å². The highest BCUT2D eigenvalue weighted by atomic mass is 79.9.